The summed E-state index contributed by atoms with van der Waals surface area (Å²) in [5, 5.41) is 11.9. The average Bonchev–Trinajstić information content (AvgIpc) is 2.60. The van der Waals surface area contributed by atoms with Crippen molar-refractivity contribution in [2.75, 3.05) is 18.4 Å². The molecule has 4 heteroatoms. The van der Waals surface area contributed by atoms with Gasteiger partial charge >= 0.3 is 0 Å². The molecule has 2 fully saturated rings. The van der Waals surface area contributed by atoms with Gasteiger partial charge in [0.15, 0.2) is 0 Å². The summed E-state index contributed by atoms with van der Waals surface area (Å²) >= 11 is 0. The lowest BCUT2D eigenvalue weighted by molar-refractivity contribution is -0.122. The first kappa shape index (κ1) is 16.0. The molecular formula is C19H25N3O. The summed E-state index contributed by atoms with van der Waals surface area (Å²) < 4.78 is 0. The summed E-state index contributed by atoms with van der Waals surface area (Å²) in [6, 6.07) is 9.07. The van der Waals surface area contributed by atoms with Gasteiger partial charge in [0.1, 0.15) is 0 Å². The van der Waals surface area contributed by atoms with Crippen molar-refractivity contribution in [1.82, 2.24) is 4.90 Å². The minimum Gasteiger partial charge on any atom is -0.325 e. The van der Waals surface area contributed by atoms with Crippen LogP contribution in [0.15, 0.2) is 24.3 Å². The van der Waals surface area contributed by atoms with Gasteiger partial charge in [-0.05, 0) is 56.3 Å². The lowest BCUT2D eigenvalue weighted by atomic mass is 9.75. The molecule has 1 aliphatic heterocycles. The molecule has 3 atom stereocenters. The van der Waals surface area contributed by atoms with E-state index in [2.05, 4.69) is 16.3 Å². The molecule has 1 heterocycles. The number of carbonyl (C=O) groups is 1. The van der Waals surface area contributed by atoms with Crippen LogP contribution in [0, 0.1) is 23.2 Å². The van der Waals surface area contributed by atoms with Crippen molar-refractivity contribution < 1.29 is 4.79 Å². The Balaban J connectivity index is 1.60. The molecule has 1 aliphatic carbocycles. The molecule has 1 N–H and O–H groups in total. The van der Waals surface area contributed by atoms with Crippen molar-refractivity contribution in [2.45, 2.75) is 45.1 Å². The van der Waals surface area contributed by atoms with Crippen molar-refractivity contribution in [2.24, 2.45) is 11.8 Å². The monoisotopic (exact) mass is 311 g/mol. The highest BCUT2D eigenvalue weighted by molar-refractivity contribution is 5.94. The third kappa shape index (κ3) is 3.73. The quantitative estimate of drug-likeness (QED) is 0.931. The smallest absolute Gasteiger partial charge is 0.241 e. The summed E-state index contributed by atoms with van der Waals surface area (Å²) in [6.45, 7) is 4.07. The molecule has 1 amide bonds. The van der Waals surface area contributed by atoms with Crippen molar-refractivity contribution >= 4 is 11.6 Å². The summed E-state index contributed by atoms with van der Waals surface area (Å²) in [4.78, 5) is 14.9. The minimum absolute atomic E-state index is 0.0225. The first-order valence-corrected chi connectivity index (χ1v) is 8.72. The number of carbonyl (C=O) groups excluding carboxylic acids is 1. The van der Waals surface area contributed by atoms with Crippen LogP contribution in [0.25, 0.3) is 0 Å². The van der Waals surface area contributed by atoms with Crippen LogP contribution in [0.4, 0.5) is 5.69 Å². The van der Waals surface area contributed by atoms with Crippen LogP contribution in [-0.4, -0.2) is 29.9 Å². The van der Waals surface area contributed by atoms with E-state index in [9.17, 15) is 4.79 Å². The third-order valence-electron chi connectivity index (χ3n) is 5.51. The maximum atomic E-state index is 12.5. The van der Waals surface area contributed by atoms with Gasteiger partial charge in [0.25, 0.3) is 0 Å². The van der Waals surface area contributed by atoms with E-state index in [1.54, 1.807) is 18.2 Å². The average molecular weight is 311 g/mol. The minimum atomic E-state index is -0.122. The van der Waals surface area contributed by atoms with Gasteiger partial charge in [-0.2, -0.15) is 5.26 Å². The third-order valence-corrected chi connectivity index (χ3v) is 5.51. The van der Waals surface area contributed by atoms with Gasteiger partial charge in [-0.15, -0.1) is 0 Å². The van der Waals surface area contributed by atoms with Crippen LogP contribution in [0.2, 0.25) is 0 Å². The fraction of sp³-hybridized carbons (Fsp3) is 0.579. The maximum absolute atomic E-state index is 12.5. The molecule has 0 bridgehead atoms. The van der Waals surface area contributed by atoms with Crippen LogP contribution < -0.4 is 5.32 Å². The van der Waals surface area contributed by atoms with E-state index in [1.165, 1.54) is 32.1 Å². The number of nitriles is 1. The molecule has 0 aromatic heterocycles. The Morgan fingerprint density at radius 3 is 2.87 bits per heavy atom. The SMILES string of the molecule is C[C@H](C(=O)Nc1cccc(C#N)c1)N1CC[C@@H]2CCCC[C@@H]2C1. The topological polar surface area (TPSA) is 56.1 Å². The molecule has 0 spiro atoms. The van der Waals surface area contributed by atoms with Crippen LogP contribution in [0.1, 0.15) is 44.6 Å². The van der Waals surface area contributed by atoms with Crippen LogP contribution in [0.5, 0.6) is 0 Å². The number of piperidine rings is 1. The predicted octanol–water partition coefficient (Wildman–Crippen LogP) is 3.40. The Hall–Kier alpha value is -1.86. The lowest BCUT2D eigenvalue weighted by Gasteiger charge is -2.43. The van der Waals surface area contributed by atoms with Gasteiger partial charge in [0.05, 0.1) is 17.7 Å². The van der Waals surface area contributed by atoms with Crippen molar-refractivity contribution in [1.29, 1.82) is 5.26 Å². The summed E-state index contributed by atoms with van der Waals surface area (Å²) in [7, 11) is 0. The van der Waals surface area contributed by atoms with E-state index in [-0.39, 0.29) is 11.9 Å². The molecule has 3 rings (SSSR count). The number of hydrogen-bond acceptors (Lipinski definition) is 3. The lowest BCUT2D eigenvalue weighted by Crippen LogP contribution is -2.49. The van der Waals surface area contributed by atoms with Crippen LogP contribution in [0.3, 0.4) is 0 Å². The molecule has 2 aliphatic rings. The van der Waals surface area contributed by atoms with Crippen molar-refractivity contribution in [3.63, 3.8) is 0 Å². The molecule has 122 valence electrons. The molecule has 1 aromatic carbocycles. The molecule has 0 unspecified atom stereocenters. The molecule has 1 saturated carbocycles. The molecule has 4 nitrogen and oxygen atoms in total. The Morgan fingerprint density at radius 2 is 2.09 bits per heavy atom. The van der Waals surface area contributed by atoms with Crippen molar-refractivity contribution in [3.8, 4) is 6.07 Å². The van der Waals surface area contributed by atoms with Gasteiger partial charge in [0, 0.05) is 12.2 Å². The summed E-state index contributed by atoms with van der Waals surface area (Å²) in [5.41, 5.74) is 1.27. The van der Waals surface area contributed by atoms with E-state index < -0.39 is 0 Å². The molecule has 1 aromatic rings. The number of likely N-dealkylation sites (tertiary alicyclic amines) is 1. The summed E-state index contributed by atoms with van der Waals surface area (Å²) in [5.74, 6) is 1.67. The highest BCUT2D eigenvalue weighted by Crippen LogP contribution is 2.36. The van der Waals surface area contributed by atoms with E-state index >= 15 is 0 Å². The number of amides is 1. The number of fused-ring (bicyclic) bond motifs is 1. The van der Waals surface area contributed by atoms with E-state index in [0.717, 1.165) is 24.9 Å². The van der Waals surface area contributed by atoms with E-state index in [4.69, 9.17) is 5.26 Å². The fourth-order valence-electron chi connectivity index (χ4n) is 4.06. The molecule has 0 radical (unpaired) electrons. The Labute approximate surface area is 138 Å². The Morgan fingerprint density at radius 1 is 1.30 bits per heavy atom. The van der Waals surface area contributed by atoms with E-state index in [1.807, 2.05) is 13.0 Å². The largest absolute Gasteiger partial charge is 0.325 e. The highest BCUT2D eigenvalue weighted by Gasteiger charge is 2.34. The number of benzene rings is 1. The normalized spacial score (nSPS) is 25.9. The Kier molecular flexibility index (Phi) is 4.97. The molecule has 23 heavy (non-hydrogen) atoms. The second kappa shape index (κ2) is 7.14. The molecule has 1 saturated heterocycles. The van der Waals surface area contributed by atoms with Crippen molar-refractivity contribution in [3.05, 3.63) is 29.8 Å². The van der Waals surface area contributed by atoms with Gasteiger partial charge in [0.2, 0.25) is 5.91 Å². The molecular weight excluding hydrogens is 286 g/mol. The zero-order valence-corrected chi connectivity index (χ0v) is 13.8. The number of rotatable bonds is 3. The van der Waals surface area contributed by atoms with Crippen LogP contribution >= 0.6 is 0 Å². The highest BCUT2D eigenvalue weighted by atomic mass is 16.2. The fourth-order valence-corrected chi connectivity index (χ4v) is 4.06. The first-order chi connectivity index (χ1) is 11.2. The Bertz CT molecular complexity index is 607. The number of anilines is 1. The van der Waals surface area contributed by atoms with E-state index in [0.29, 0.717) is 11.3 Å². The zero-order valence-electron chi connectivity index (χ0n) is 13.8. The first-order valence-electron chi connectivity index (χ1n) is 8.72. The van der Waals surface area contributed by atoms with Gasteiger partial charge in [-0.1, -0.05) is 25.3 Å². The standard InChI is InChI=1S/C19H25N3O/c1-14(19(23)21-18-8-4-5-15(11-18)12-20)22-10-9-16-6-2-3-7-17(16)13-22/h4-5,8,11,14,16-17H,2-3,6-7,9-10,13H2,1H3,(H,21,23)/t14-,16+,17-/m1/s1. The predicted molar refractivity (Wildman–Crippen MR) is 90.9 cm³/mol. The number of hydrogen-bond donors (Lipinski definition) is 1. The zero-order chi connectivity index (χ0) is 16.2. The van der Waals surface area contributed by atoms with Gasteiger partial charge in [-0.25, -0.2) is 0 Å². The van der Waals surface area contributed by atoms with Gasteiger partial charge < -0.3 is 5.32 Å². The summed E-state index contributed by atoms with van der Waals surface area (Å²) in [6.07, 6.45) is 6.65. The second-order valence-electron chi connectivity index (χ2n) is 6.95. The second-order valence-corrected chi connectivity index (χ2v) is 6.95. The number of nitrogens with zero attached hydrogens (tertiary/aromatic N) is 2. The van der Waals surface area contributed by atoms with Gasteiger partial charge in [-0.3, -0.25) is 9.69 Å². The number of nitrogens with one attached hydrogen (secondary N) is 1. The van der Waals surface area contributed by atoms with Crippen LogP contribution in [-0.2, 0) is 4.79 Å². The maximum Gasteiger partial charge on any atom is 0.241 e.